The minimum Gasteiger partial charge on any atom is -0.358 e. The molecule has 0 aliphatic rings. The second-order valence-electron chi connectivity index (χ2n) is 3.50. The molecule has 0 radical (unpaired) electrons. The quantitative estimate of drug-likeness (QED) is 0.831. The molecule has 2 amide bonds. The van der Waals surface area contributed by atoms with Crippen LogP contribution in [-0.2, 0) is 4.79 Å². The van der Waals surface area contributed by atoms with E-state index in [4.69, 9.17) is 0 Å². The minimum absolute atomic E-state index is 0.0264. The maximum Gasteiger partial charge on any atom is 0.255 e. The van der Waals surface area contributed by atoms with E-state index in [1.165, 1.54) is 11.9 Å². The highest BCUT2D eigenvalue weighted by Gasteiger charge is 2.16. The van der Waals surface area contributed by atoms with Gasteiger partial charge in [-0.25, -0.2) is 0 Å². The molecular formula is C11H13BrN2O2S. The van der Waals surface area contributed by atoms with E-state index in [1.54, 1.807) is 25.2 Å². The lowest BCUT2D eigenvalue weighted by atomic mass is 10.2. The van der Waals surface area contributed by atoms with Crippen LogP contribution in [0.1, 0.15) is 10.4 Å². The van der Waals surface area contributed by atoms with Crippen LogP contribution in [0, 0.1) is 0 Å². The van der Waals surface area contributed by atoms with E-state index >= 15 is 0 Å². The fraction of sp³-hybridized carbons (Fsp3) is 0.273. The van der Waals surface area contributed by atoms with Gasteiger partial charge in [0.25, 0.3) is 5.91 Å². The van der Waals surface area contributed by atoms with Gasteiger partial charge >= 0.3 is 0 Å². The van der Waals surface area contributed by atoms with Crippen molar-refractivity contribution in [3.8, 4) is 0 Å². The number of hydrogen-bond donors (Lipinski definition) is 2. The number of nitrogens with one attached hydrogen (secondary N) is 1. The number of benzene rings is 1. The van der Waals surface area contributed by atoms with Crippen molar-refractivity contribution in [2.45, 2.75) is 4.90 Å². The van der Waals surface area contributed by atoms with Crippen molar-refractivity contribution in [1.82, 2.24) is 10.2 Å². The van der Waals surface area contributed by atoms with E-state index in [1.807, 2.05) is 0 Å². The number of nitrogens with zero attached hydrogens (tertiary/aromatic N) is 1. The number of amides is 2. The summed E-state index contributed by atoms with van der Waals surface area (Å²) in [7, 11) is 3.11. The third-order valence-corrected chi connectivity index (χ3v) is 3.16. The molecule has 1 rings (SSSR count). The van der Waals surface area contributed by atoms with Gasteiger partial charge in [-0.05, 0) is 34.1 Å². The standard InChI is InChI=1S/C11H13BrN2O2S/c1-13-10(15)6-14(2)11(16)8-5-7(17)3-4-9(8)12/h3-5,17H,6H2,1-2H3,(H,13,15). The Balaban J connectivity index is 2.88. The van der Waals surface area contributed by atoms with E-state index in [9.17, 15) is 9.59 Å². The summed E-state index contributed by atoms with van der Waals surface area (Å²) >= 11 is 7.48. The molecule has 0 saturated carbocycles. The summed E-state index contributed by atoms with van der Waals surface area (Å²) in [6, 6.07) is 5.20. The molecule has 17 heavy (non-hydrogen) atoms. The first-order valence-electron chi connectivity index (χ1n) is 4.90. The maximum atomic E-state index is 12.1. The topological polar surface area (TPSA) is 49.4 Å². The number of rotatable bonds is 3. The molecule has 0 unspecified atom stereocenters. The summed E-state index contributed by atoms with van der Waals surface area (Å²) in [5.74, 6) is -0.435. The molecule has 1 aromatic rings. The van der Waals surface area contributed by atoms with Crippen LogP contribution in [0.4, 0.5) is 0 Å². The highest BCUT2D eigenvalue weighted by atomic mass is 79.9. The summed E-state index contributed by atoms with van der Waals surface area (Å²) in [5, 5.41) is 2.47. The molecule has 0 bridgehead atoms. The first kappa shape index (κ1) is 14.1. The average molecular weight is 317 g/mol. The average Bonchev–Trinajstić information content (AvgIpc) is 2.31. The van der Waals surface area contributed by atoms with Crippen molar-refractivity contribution in [1.29, 1.82) is 0 Å². The predicted octanol–water partition coefficient (Wildman–Crippen LogP) is 1.56. The van der Waals surface area contributed by atoms with Gasteiger partial charge in [-0.3, -0.25) is 9.59 Å². The Hall–Kier alpha value is -1.01. The van der Waals surface area contributed by atoms with Crippen molar-refractivity contribution in [2.75, 3.05) is 20.6 Å². The van der Waals surface area contributed by atoms with E-state index in [0.29, 0.717) is 14.9 Å². The number of thiol groups is 1. The second-order valence-corrected chi connectivity index (χ2v) is 4.87. The number of hydrogen-bond acceptors (Lipinski definition) is 3. The maximum absolute atomic E-state index is 12.1. The van der Waals surface area contributed by atoms with E-state index in [-0.39, 0.29) is 18.4 Å². The van der Waals surface area contributed by atoms with Crippen molar-refractivity contribution >= 4 is 40.4 Å². The van der Waals surface area contributed by atoms with Crippen LogP contribution in [0.15, 0.2) is 27.6 Å². The normalized spacial score (nSPS) is 9.88. The minimum atomic E-state index is -0.226. The monoisotopic (exact) mass is 316 g/mol. The van der Waals surface area contributed by atoms with E-state index in [0.717, 1.165) is 0 Å². The van der Waals surface area contributed by atoms with Crippen molar-refractivity contribution in [3.63, 3.8) is 0 Å². The number of carbonyl (C=O) groups excluding carboxylic acids is 2. The van der Waals surface area contributed by atoms with Crippen molar-refractivity contribution in [2.24, 2.45) is 0 Å². The number of carbonyl (C=O) groups is 2. The predicted molar refractivity (Wildman–Crippen MR) is 72.4 cm³/mol. The Morgan fingerprint density at radius 1 is 1.47 bits per heavy atom. The van der Waals surface area contributed by atoms with Crippen molar-refractivity contribution in [3.05, 3.63) is 28.2 Å². The molecule has 6 heteroatoms. The molecule has 0 aliphatic heterocycles. The van der Waals surface area contributed by atoms with Crippen molar-refractivity contribution < 1.29 is 9.59 Å². The SMILES string of the molecule is CNC(=O)CN(C)C(=O)c1cc(S)ccc1Br. The summed E-state index contributed by atoms with van der Waals surface area (Å²) in [6.07, 6.45) is 0. The van der Waals surface area contributed by atoms with Crippen LogP contribution in [0.25, 0.3) is 0 Å². The van der Waals surface area contributed by atoms with Gasteiger partial charge in [0.15, 0.2) is 0 Å². The molecule has 0 aliphatic carbocycles. The second kappa shape index (κ2) is 6.07. The zero-order valence-corrected chi connectivity index (χ0v) is 12.0. The van der Waals surface area contributed by atoms with Crippen LogP contribution in [0.5, 0.6) is 0 Å². The van der Waals surface area contributed by atoms with Gasteiger partial charge in [0.1, 0.15) is 0 Å². The number of halogens is 1. The molecule has 1 N–H and O–H groups in total. The molecule has 0 spiro atoms. The molecule has 0 aromatic heterocycles. The van der Waals surface area contributed by atoms with Gasteiger partial charge in [0.2, 0.25) is 5.91 Å². The lowest BCUT2D eigenvalue weighted by Gasteiger charge is -2.17. The largest absolute Gasteiger partial charge is 0.358 e. The molecule has 0 fully saturated rings. The van der Waals surface area contributed by atoms with E-state index < -0.39 is 0 Å². The summed E-state index contributed by atoms with van der Waals surface area (Å²) < 4.78 is 0.684. The molecule has 0 saturated heterocycles. The Kier molecular flexibility index (Phi) is 5.02. The zero-order chi connectivity index (χ0) is 13.0. The highest BCUT2D eigenvalue weighted by molar-refractivity contribution is 9.10. The first-order chi connectivity index (χ1) is 7.95. The summed E-state index contributed by atoms with van der Waals surface area (Å²) in [4.78, 5) is 25.3. The van der Waals surface area contributed by atoms with Crippen LogP contribution in [-0.4, -0.2) is 37.4 Å². The Bertz CT molecular complexity index is 451. The smallest absolute Gasteiger partial charge is 0.255 e. The van der Waals surface area contributed by atoms with Crippen LogP contribution in [0.3, 0.4) is 0 Å². The van der Waals surface area contributed by atoms with Gasteiger partial charge < -0.3 is 10.2 Å². The zero-order valence-electron chi connectivity index (χ0n) is 9.53. The lowest BCUT2D eigenvalue weighted by Crippen LogP contribution is -2.37. The third kappa shape index (κ3) is 3.74. The van der Waals surface area contributed by atoms with E-state index in [2.05, 4.69) is 33.9 Å². The summed E-state index contributed by atoms with van der Waals surface area (Å²) in [6.45, 7) is 0.0264. The lowest BCUT2D eigenvalue weighted by molar-refractivity contribution is -0.121. The Labute approximate surface area is 114 Å². The fourth-order valence-corrected chi connectivity index (χ4v) is 1.87. The Morgan fingerprint density at radius 2 is 2.12 bits per heavy atom. The molecule has 4 nitrogen and oxygen atoms in total. The Morgan fingerprint density at radius 3 is 2.71 bits per heavy atom. The van der Waals surface area contributed by atoms with Crippen LogP contribution in [0.2, 0.25) is 0 Å². The van der Waals surface area contributed by atoms with Gasteiger partial charge in [0, 0.05) is 23.5 Å². The fourth-order valence-electron chi connectivity index (χ4n) is 1.25. The van der Waals surface area contributed by atoms with Gasteiger partial charge in [-0.2, -0.15) is 0 Å². The molecule has 1 aromatic carbocycles. The highest BCUT2D eigenvalue weighted by Crippen LogP contribution is 2.21. The third-order valence-electron chi connectivity index (χ3n) is 2.19. The number of likely N-dealkylation sites (N-methyl/N-ethyl adjacent to an activating group) is 2. The van der Waals surface area contributed by atoms with Gasteiger partial charge in [0.05, 0.1) is 12.1 Å². The van der Waals surface area contributed by atoms with Gasteiger partial charge in [-0.1, -0.05) is 0 Å². The summed E-state index contributed by atoms with van der Waals surface area (Å²) in [5.41, 5.74) is 0.490. The molecule has 0 atom stereocenters. The van der Waals surface area contributed by atoms with Gasteiger partial charge in [-0.15, -0.1) is 12.6 Å². The molecule has 0 heterocycles. The first-order valence-corrected chi connectivity index (χ1v) is 6.14. The van der Waals surface area contributed by atoms with Crippen LogP contribution >= 0.6 is 28.6 Å². The molecular weight excluding hydrogens is 304 g/mol. The van der Waals surface area contributed by atoms with Crippen LogP contribution < -0.4 is 5.32 Å². The molecule has 92 valence electrons.